The molecule has 162 valence electrons. The average molecular weight is 416 g/mol. The molecular formula is C21H28N4O5. The van der Waals surface area contributed by atoms with Gasteiger partial charge in [0, 0.05) is 39.2 Å². The number of nitrogens with one attached hydrogen (secondary N) is 1. The minimum atomic E-state index is -0.189. The van der Waals surface area contributed by atoms with Gasteiger partial charge in [-0.1, -0.05) is 0 Å². The number of rotatable bonds is 7. The van der Waals surface area contributed by atoms with Gasteiger partial charge in [0.2, 0.25) is 17.6 Å². The molecule has 0 unspecified atom stereocenters. The molecule has 2 heterocycles. The first-order valence-electron chi connectivity index (χ1n) is 9.71. The highest BCUT2D eigenvalue weighted by Gasteiger charge is 2.29. The normalized spacial score (nSPS) is 15.8. The first-order valence-corrected chi connectivity index (χ1v) is 9.71. The number of aromatic amines is 1. The van der Waals surface area contributed by atoms with Crippen molar-refractivity contribution in [2.24, 2.45) is 0 Å². The van der Waals surface area contributed by atoms with E-state index in [1.54, 1.807) is 38.4 Å². The quantitative estimate of drug-likeness (QED) is 0.729. The van der Waals surface area contributed by atoms with Crippen LogP contribution in [0, 0.1) is 0 Å². The summed E-state index contributed by atoms with van der Waals surface area (Å²) in [6, 6.07) is 5.09. The van der Waals surface area contributed by atoms with Gasteiger partial charge in [-0.05, 0) is 24.1 Å². The van der Waals surface area contributed by atoms with E-state index < -0.39 is 0 Å². The van der Waals surface area contributed by atoms with Crippen LogP contribution in [0.15, 0.2) is 23.0 Å². The van der Waals surface area contributed by atoms with Gasteiger partial charge in [-0.25, -0.2) is 4.98 Å². The van der Waals surface area contributed by atoms with Gasteiger partial charge < -0.3 is 24.0 Å². The lowest BCUT2D eigenvalue weighted by Gasteiger charge is -2.18. The number of carbonyl (C=O) groups excluding carboxylic acids is 1. The van der Waals surface area contributed by atoms with E-state index in [-0.39, 0.29) is 23.8 Å². The van der Waals surface area contributed by atoms with Gasteiger partial charge in [0.1, 0.15) is 0 Å². The van der Waals surface area contributed by atoms with Gasteiger partial charge in [0.25, 0.3) is 5.56 Å². The van der Waals surface area contributed by atoms with Crippen molar-refractivity contribution >= 4 is 11.9 Å². The van der Waals surface area contributed by atoms with Crippen LogP contribution >= 0.6 is 0 Å². The second-order valence-electron chi connectivity index (χ2n) is 7.42. The van der Waals surface area contributed by atoms with Crippen LogP contribution in [-0.4, -0.2) is 69.3 Å². The van der Waals surface area contributed by atoms with Crippen LogP contribution in [-0.2, 0) is 11.2 Å². The number of aromatic nitrogens is 2. The monoisotopic (exact) mass is 416 g/mol. The fourth-order valence-electron chi connectivity index (χ4n) is 3.64. The molecule has 9 nitrogen and oxygen atoms in total. The molecule has 3 rings (SSSR count). The highest BCUT2D eigenvalue weighted by atomic mass is 16.5. The molecule has 1 aliphatic rings. The number of hydrogen-bond donors (Lipinski definition) is 1. The maximum Gasteiger partial charge on any atom is 0.252 e. The van der Waals surface area contributed by atoms with Crippen molar-refractivity contribution in [2.75, 3.05) is 53.4 Å². The summed E-state index contributed by atoms with van der Waals surface area (Å²) in [5.74, 6) is 2.08. The molecule has 1 atom stereocenters. The fourth-order valence-corrected chi connectivity index (χ4v) is 3.64. The Balaban J connectivity index is 1.73. The number of methoxy groups -OCH3 is 3. The van der Waals surface area contributed by atoms with E-state index in [0.29, 0.717) is 42.0 Å². The van der Waals surface area contributed by atoms with Crippen molar-refractivity contribution in [3.05, 3.63) is 39.8 Å². The Kier molecular flexibility index (Phi) is 6.49. The van der Waals surface area contributed by atoms with Crippen molar-refractivity contribution in [1.29, 1.82) is 0 Å². The zero-order valence-electron chi connectivity index (χ0n) is 18.0. The van der Waals surface area contributed by atoms with Crippen molar-refractivity contribution < 1.29 is 19.0 Å². The summed E-state index contributed by atoms with van der Waals surface area (Å²) in [5, 5.41) is 0. The van der Waals surface area contributed by atoms with Crippen LogP contribution < -0.4 is 24.7 Å². The largest absolute Gasteiger partial charge is 0.493 e. The van der Waals surface area contributed by atoms with Crippen LogP contribution in [0.25, 0.3) is 0 Å². The summed E-state index contributed by atoms with van der Waals surface area (Å²) in [4.78, 5) is 35.7. The third-order valence-electron chi connectivity index (χ3n) is 5.21. The van der Waals surface area contributed by atoms with E-state index in [2.05, 4.69) is 9.97 Å². The lowest BCUT2D eigenvalue weighted by atomic mass is 10.0. The van der Waals surface area contributed by atoms with E-state index in [0.717, 1.165) is 12.0 Å². The van der Waals surface area contributed by atoms with Crippen molar-refractivity contribution in [3.8, 4) is 17.2 Å². The first-order chi connectivity index (χ1) is 14.4. The van der Waals surface area contributed by atoms with Gasteiger partial charge in [-0.15, -0.1) is 0 Å². The number of carbonyl (C=O) groups is 1. The Morgan fingerprint density at radius 2 is 1.83 bits per heavy atom. The maximum absolute atomic E-state index is 12.9. The number of benzene rings is 1. The minimum Gasteiger partial charge on any atom is -0.493 e. The predicted molar refractivity (Wildman–Crippen MR) is 113 cm³/mol. The van der Waals surface area contributed by atoms with Crippen LogP contribution in [0.1, 0.15) is 23.6 Å². The predicted octanol–water partition coefficient (Wildman–Crippen LogP) is 1.42. The maximum atomic E-state index is 12.9. The number of H-pyrrole nitrogens is 1. The standard InChI is InChI=1S/C21H28N4O5/c1-24(2)21-22-15(11-18(26)23-21)14-6-7-25(12-14)19(27)10-13-8-16(28-3)20(30-5)17(9-13)29-4/h8-9,11,14H,6-7,10,12H2,1-5H3,(H,22,23,26)/t14-/m0/s1. The molecule has 1 aromatic heterocycles. The van der Waals surface area contributed by atoms with Gasteiger partial charge in [-0.3, -0.25) is 14.6 Å². The van der Waals surface area contributed by atoms with Crippen LogP contribution in [0.2, 0.25) is 0 Å². The van der Waals surface area contributed by atoms with E-state index in [1.165, 1.54) is 6.07 Å². The van der Waals surface area contributed by atoms with E-state index in [4.69, 9.17) is 14.2 Å². The molecule has 2 aromatic rings. The van der Waals surface area contributed by atoms with Crippen molar-refractivity contribution in [3.63, 3.8) is 0 Å². The second kappa shape index (κ2) is 9.06. The molecular weight excluding hydrogens is 388 g/mol. The van der Waals surface area contributed by atoms with Crippen LogP contribution in [0.4, 0.5) is 5.95 Å². The molecule has 1 aromatic carbocycles. The molecule has 1 saturated heterocycles. The van der Waals surface area contributed by atoms with E-state index >= 15 is 0 Å². The Morgan fingerprint density at radius 3 is 2.40 bits per heavy atom. The highest BCUT2D eigenvalue weighted by molar-refractivity contribution is 5.79. The number of amides is 1. The zero-order chi connectivity index (χ0) is 21.8. The summed E-state index contributed by atoms with van der Waals surface area (Å²) < 4.78 is 16.1. The highest BCUT2D eigenvalue weighted by Crippen LogP contribution is 2.38. The Hall–Kier alpha value is -3.23. The second-order valence-corrected chi connectivity index (χ2v) is 7.42. The molecule has 30 heavy (non-hydrogen) atoms. The molecule has 0 radical (unpaired) electrons. The van der Waals surface area contributed by atoms with Crippen molar-refractivity contribution in [2.45, 2.75) is 18.8 Å². The third-order valence-corrected chi connectivity index (χ3v) is 5.21. The van der Waals surface area contributed by atoms with Crippen LogP contribution in [0.5, 0.6) is 17.2 Å². The fraction of sp³-hybridized carbons (Fsp3) is 0.476. The molecule has 1 amide bonds. The van der Waals surface area contributed by atoms with Crippen molar-refractivity contribution in [1.82, 2.24) is 14.9 Å². The van der Waals surface area contributed by atoms with Crippen LogP contribution in [0.3, 0.4) is 0 Å². The number of ether oxygens (including phenoxy) is 3. The zero-order valence-corrected chi connectivity index (χ0v) is 18.0. The molecule has 1 fully saturated rings. The number of anilines is 1. The summed E-state index contributed by atoms with van der Waals surface area (Å²) >= 11 is 0. The lowest BCUT2D eigenvalue weighted by Crippen LogP contribution is -2.30. The first kappa shape index (κ1) is 21.5. The Labute approximate surface area is 175 Å². The lowest BCUT2D eigenvalue weighted by molar-refractivity contribution is -0.129. The molecule has 9 heteroatoms. The number of nitrogens with zero attached hydrogens (tertiary/aromatic N) is 3. The molecule has 1 aliphatic heterocycles. The Morgan fingerprint density at radius 1 is 1.17 bits per heavy atom. The van der Waals surface area contributed by atoms with Gasteiger partial charge in [0.15, 0.2) is 11.5 Å². The Bertz CT molecular complexity index is 947. The summed E-state index contributed by atoms with van der Waals surface area (Å²) in [6.45, 7) is 1.16. The minimum absolute atomic E-state index is 0.00412. The molecule has 0 aliphatic carbocycles. The third kappa shape index (κ3) is 4.50. The molecule has 0 bridgehead atoms. The number of likely N-dealkylation sites (tertiary alicyclic amines) is 1. The number of hydrogen-bond acceptors (Lipinski definition) is 7. The summed E-state index contributed by atoms with van der Waals surface area (Å²) in [7, 11) is 8.28. The van der Waals surface area contributed by atoms with E-state index in [9.17, 15) is 9.59 Å². The van der Waals surface area contributed by atoms with Gasteiger partial charge in [0.05, 0.1) is 33.4 Å². The molecule has 1 N–H and O–H groups in total. The van der Waals surface area contributed by atoms with E-state index in [1.807, 2.05) is 19.0 Å². The summed E-state index contributed by atoms with van der Waals surface area (Å²) in [5.41, 5.74) is 1.30. The average Bonchev–Trinajstić information content (AvgIpc) is 3.23. The SMILES string of the molecule is COc1cc(CC(=O)N2CC[C@H](c3cc(=O)[nH]c(N(C)C)n3)C2)cc(OC)c1OC. The topological polar surface area (TPSA) is 97.0 Å². The smallest absolute Gasteiger partial charge is 0.252 e. The van der Waals surface area contributed by atoms with Gasteiger partial charge >= 0.3 is 0 Å². The summed E-state index contributed by atoms with van der Waals surface area (Å²) in [6.07, 6.45) is 0.986. The molecule has 0 saturated carbocycles. The van der Waals surface area contributed by atoms with Gasteiger partial charge in [-0.2, -0.15) is 0 Å². The molecule has 0 spiro atoms.